The summed E-state index contributed by atoms with van der Waals surface area (Å²) in [4.78, 5) is 44.6. The Morgan fingerprint density at radius 3 is 2.53 bits per heavy atom. The molecule has 2 saturated heterocycles. The Morgan fingerprint density at radius 1 is 1.28 bits per heavy atom. The molecule has 1 aromatic carbocycles. The summed E-state index contributed by atoms with van der Waals surface area (Å²) >= 11 is 1.42. The Kier molecular flexibility index (Phi) is 6.87. The van der Waals surface area contributed by atoms with Gasteiger partial charge in [-0.25, -0.2) is 9.78 Å². The minimum Gasteiger partial charge on any atom is -0.481 e. The van der Waals surface area contributed by atoms with Crippen molar-refractivity contribution >= 4 is 35.5 Å². The highest BCUT2D eigenvalue weighted by Gasteiger charge is 2.64. The van der Waals surface area contributed by atoms with Gasteiger partial charge >= 0.3 is 5.97 Å². The number of carboxylic acid groups (broad SMARTS) is 1. The molecular weight excluding hydrogens is 434 g/mol. The molecule has 32 heavy (non-hydrogen) atoms. The summed E-state index contributed by atoms with van der Waals surface area (Å²) in [6, 6.07) is 9.42. The zero-order valence-electron chi connectivity index (χ0n) is 17.9. The third-order valence-corrected chi connectivity index (χ3v) is 6.63. The number of hydrogen-bond donors (Lipinski definition) is 3. The monoisotopic (exact) mass is 459 g/mol. The number of carbonyl (C=O) groups excluding carboxylic acids is 2. The van der Waals surface area contributed by atoms with E-state index >= 15 is 0 Å². The van der Waals surface area contributed by atoms with Gasteiger partial charge in [-0.2, -0.15) is 4.98 Å². The van der Waals surface area contributed by atoms with Crippen molar-refractivity contribution in [3.8, 4) is 5.88 Å². The number of carboxylic acids is 1. The Balaban J connectivity index is 0.000000269. The van der Waals surface area contributed by atoms with Crippen molar-refractivity contribution in [1.82, 2.24) is 20.2 Å². The van der Waals surface area contributed by atoms with E-state index in [0.717, 1.165) is 5.56 Å². The molecule has 4 N–H and O–H groups in total. The number of rotatable bonds is 5. The molecule has 0 saturated carbocycles. The molecule has 0 bridgehead atoms. The largest absolute Gasteiger partial charge is 0.481 e. The fourth-order valence-electron chi connectivity index (χ4n) is 3.62. The Bertz CT molecular complexity index is 1000. The summed E-state index contributed by atoms with van der Waals surface area (Å²) < 4.78 is 4.19. The van der Waals surface area contributed by atoms with Gasteiger partial charge in [-0.05, 0) is 19.4 Å². The molecule has 11 heteroatoms. The molecule has 3 atom stereocenters. The van der Waals surface area contributed by atoms with Gasteiger partial charge < -0.3 is 25.8 Å². The van der Waals surface area contributed by atoms with Gasteiger partial charge in [-0.15, -0.1) is 11.8 Å². The molecule has 0 radical (unpaired) electrons. The second kappa shape index (κ2) is 9.43. The van der Waals surface area contributed by atoms with Gasteiger partial charge in [-0.3, -0.25) is 9.59 Å². The highest BCUT2D eigenvalue weighted by Crippen LogP contribution is 2.50. The first-order chi connectivity index (χ1) is 15.1. The Morgan fingerprint density at radius 2 is 1.97 bits per heavy atom. The van der Waals surface area contributed by atoms with Crippen molar-refractivity contribution in [2.45, 2.75) is 42.5 Å². The molecule has 4 rings (SSSR count). The van der Waals surface area contributed by atoms with E-state index in [1.165, 1.54) is 23.8 Å². The molecule has 3 heterocycles. The van der Waals surface area contributed by atoms with Gasteiger partial charge in [0.2, 0.25) is 23.6 Å². The van der Waals surface area contributed by atoms with Crippen LogP contribution >= 0.6 is 11.8 Å². The van der Waals surface area contributed by atoms with E-state index in [9.17, 15) is 19.5 Å². The number of carbonyl (C=O) groups is 3. The standard InChI is InChI=1S/C16H18N2O4S.C5H7N3O/c1-16(2)12(15(21)22)18-13(20)11(14(18)23-16)17-10(19)8-9-6-4-3-5-7-9;1-9-4-2-3-7-5(6)8-4/h3-7,11-12,14H,8H2,1-2H3,(H,17,19)(H,21,22);2-3H,1H3,(H2,6,7,8)/t11-,12+,14-;/m1./s1. The summed E-state index contributed by atoms with van der Waals surface area (Å²) in [7, 11) is 1.53. The fourth-order valence-corrected chi connectivity index (χ4v) is 5.25. The second-order valence-corrected chi connectivity index (χ2v) is 9.53. The molecule has 0 unspecified atom stereocenters. The van der Waals surface area contributed by atoms with Crippen molar-refractivity contribution in [1.29, 1.82) is 0 Å². The number of benzene rings is 1. The van der Waals surface area contributed by atoms with Gasteiger partial charge in [0, 0.05) is 17.0 Å². The van der Waals surface area contributed by atoms with Gasteiger partial charge in [-0.1, -0.05) is 30.3 Å². The molecule has 10 nitrogen and oxygen atoms in total. The number of ether oxygens (including phenoxy) is 1. The molecule has 0 aliphatic carbocycles. The third kappa shape index (κ3) is 4.93. The molecule has 170 valence electrons. The lowest BCUT2D eigenvalue weighted by molar-refractivity contribution is -0.161. The van der Waals surface area contributed by atoms with Crippen LogP contribution in [0.2, 0.25) is 0 Å². The number of methoxy groups -OCH3 is 1. The SMILES string of the molecule is CC1(C)S[C@@H]2[C@H](NC(=O)Cc3ccccc3)C(=O)N2[C@H]1C(=O)O.COc1ccnc(N)n1. The smallest absolute Gasteiger partial charge is 0.327 e. The van der Waals surface area contributed by atoms with Crippen LogP contribution in [0, 0.1) is 0 Å². The summed E-state index contributed by atoms with van der Waals surface area (Å²) in [5, 5.41) is 11.8. The molecule has 0 spiro atoms. The van der Waals surface area contributed by atoms with Gasteiger partial charge in [0.15, 0.2) is 0 Å². The van der Waals surface area contributed by atoms with E-state index in [-0.39, 0.29) is 29.6 Å². The lowest BCUT2D eigenvalue weighted by Gasteiger charge is -2.43. The minimum atomic E-state index is -1.01. The van der Waals surface area contributed by atoms with E-state index in [0.29, 0.717) is 5.88 Å². The number of hydrogen-bond acceptors (Lipinski definition) is 8. The van der Waals surface area contributed by atoms with Gasteiger partial charge in [0.1, 0.15) is 17.5 Å². The summed E-state index contributed by atoms with van der Waals surface area (Å²) in [5.41, 5.74) is 6.10. The summed E-state index contributed by atoms with van der Waals surface area (Å²) in [6.45, 7) is 3.62. The summed E-state index contributed by atoms with van der Waals surface area (Å²) in [6.07, 6.45) is 1.74. The third-order valence-electron chi connectivity index (χ3n) is 5.06. The van der Waals surface area contributed by atoms with Crippen molar-refractivity contribution in [2.75, 3.05) is 12.8 Å². The highest BCUT2D eigenvalue weighted by atomic mass is 32.2. The average molecular weight is 460 g/mol. The van der Waals surface area contributed by atoms with Gasteiger partial charge in [0.25, 0.3) is 0 Å². The normalized spacial score (nSPS) is 22.7. The van der Waals surface area contributed by atoms with Crippen LogP contribution in [0.15, 0.2) is 42.6 Å². The number of nitrogen functional groups attached to an aromatic ring is 1. The molecular formula is C21H25N5O5S. The maximum atomic E-state index is 12.3. The van der Waals surface area contributed by atoms with E-state index in [2.05, 4.69) is 15.3 Å². The number of anilines is 1. The first kappa shape index (κ1) is 23.3. The first-order valence-corrected chi connectivity index (χ1v) is 10.7. The van der Waals surface area contributed by atoms with Crippen LogP contribution in [-0.2, 0) is 20.8 Å². The quantitative estimate of drug-likeness (QED) is 0.555. The Labute approximate surface area is 189 Å². The lowest BCUT2D eigenvalue weighted by Crippen LogP contribution is -2.70. The van der Waals surface area contributed by atoms with Crippen LogP contribution in [0.1, 0.15) is 19.4 Å². The Hall–Kier alpha value is -3.34. The number of fused-ring (bicyclic) bond motifs is 1. The number of amides is 2. The van der Waals surface area contributed by atoms with Crippen LogP contribution in [-0.4, -0.2) is 67.1 Å². The van der Waals surface area contributed by atoms with Crippen molar-refractivity contribution in [3.63, 3.8) is 0 Å². The van der Waals surface area contributed by atoms with E-state index in [1.54, 1.807) is 12.3 Å². The van der Waals surface area contributed by atoms with Crippen LogP contribution in [0.3, 0.4) is 0 Å². The van der Waals surface area contributed by atoms with E-state index in [4.69, 9.17) is 10.5 Å². The number of thioether (sulfide) groups is 1. The number of β-lactam (4-membered cyclic amide) rings is 1. The molecule has 2 aliphatic rings. The molecule has 2 fully saturated rings. The number of nitrogens with zero attached hydrogens (tertiary/aromatic N) is 3. The zero-order valence-corrected chi connectivity index (χ0v) is 18.7. The average Bonchev–Trinajstić information content (AvgIpc) is 3.01. The van der Waals surface area contributed by atoms with Crippen LogP contribution in [0.5, 0.6) is 5.88 Å². The van der Waals surface area contributed by atoms with Crippen LogP contribution in [0.4, 0.5) is 5.95 Å². The maximum Gasteiger partial charge on any atom is 0.327 e. The number of nitrogens with one attached hydrogen (secondary N) is 1. The van der Waals surface area contributed by atoms with Crippen LogP contribution < -0.4 is 15.8 Å². The minimum absolute atomic E-state index is 0.202. The van der Waals surface area contributed by atoms with Crippen molar-refractivity contribution in [3.05, 3.63) is 48.2 Å². The predicted molar refractivity (Wildman–Crippen MR) is 119 cm³/mol. The topological polar surface area (TPSA) is 148 Å². The molecule has 2 aromatic rings. The fraction of sp³-hybridized carbons (Fsp3) is 0.381. The maximum absolute atomic E-state index is 12.3. The molecule has 2 amide bonds. The summed E-state index contributed by atoms with van der Waals surface area (Å²) in [5.74, 6) is -0.836. The molecule has 1 aromatic heterocycles. The zero-order chi connectivity index (χ0) is 23.5. The molecule has 2 aliphatic heterocycles. The van der Waals surface area contributed by atoms with Crippen molar-refractivity contribution < 1.29 is 24.2 Å². The van der Waals surface area contributed by atoms with Crippen molar-refractivity contribution in [2.24, 2.45) is 0 Å². The van der Waals surface area contributed by atoms with Gasteiger partial charge in [0.05, 0.1) is 13.5 Å². The van der Waals surface area contributed by atoms with E-state index in [1.807, 2.05) is 44.2 Å². The first-order valence-electron chi connectivity index (χ1n) is 9.82. The second-order valence-electron chi connectivity index (χ2n) is 7.76. The predicted octanol–water partition coefficient (Wildman–Crippen LogP) is 0.928. The lowest BCUT2D eigenvalue weighted by atomic mass is 9.96. The number of nitrogens with two attached hydrogens (primary N) is 1. The number of aliphatic carboxylic acids is 1. The van der Waals surface area contributed by atoms with Crippen LogP contribution in [0.25, 0.3) is 0 Å². The van der Waals surface area contributed by atoms with E-state index < -0.39 is 22.8 Å². The highest BCUT2D eigenvalue weighted by molar-refractivity contribution is 8.01. The number of aromatic nitrogens is 2.